The van der Waals surface area contributed by atoms with E-state index in [1.165, 1.54) is 0 Å². The van der Waals surface area contributed by atoms with E-state index in [1.807, 2.05) is 33.8 Å². The smallest absolute Gasteiger partial charge is 0.306 e. The highest BCUT2D eigenvalue weighted by molar-refractivity contribution is 6.24. The number of rotatable bonds is 8. The number of benzene rings is 1. The Balaban J connectivity index is 1.95. The number of phenols is 1. The fraction of sp³-hybridized carbons (Fsp3) is 0.600. The first-order chi connectivity index (χ1) is 20.2. The minimum atomic E-state index is -2.66. The van der Waals surface area contributed by atoms with Crippen LogP contribution in [0.25, 0.3) is 5.76 Å². The number of fused-ring (bicyclic) bond motifs is 3. The number of aryl methyl sites for hydroxylation is 1. The number of esters is 1. The minimum absolute atomic E-state index is 0.000202. The molecule has 4 N–H and O–H groups in total. The Bertz CT molecular complexity index is 1510. The van der Waals surface area contributed by atoms with Gasteiger partial charge in [0.05, 0.1) is 12.2 Å². The molecule has 0 heterocycles. The molecule has 0 aromatic heterocycles. The number of hydrogen-bond acceptors (Lipinski definition) is 9. The van der Waals surface area contributed by atoms with E-state index in [-0.39, 0.29) is 61.0 Å². The van der Waals surface area contributed by atoms with Crippen molar-refractivity contribution in [1.82, 2.24) is 0 Å². The predicted molar refractivity (Wildman–Crippen MR) is 164 cm³/mol. The third-order valence-electron chi connectivity index (χ3n) is 9.92. The van der Waals surface area contributed by atoms with Crippen LogP contribution in [0.5, 0.6) is 5.75 Å². The molecule has 1 aromatic carbocycles. The van der Waals surface area contributed by atoms with Gasteiger partial charge in [-0.05, 0) is 60.6 Å². The molecule has 0 radical (unpaired) electrons. The SMILES string of the molecule is CC(=O)C1=C(O)[C@]2(O)C(=O)C3=C(O)c4c(O)c(CCC(=O)OCC(C)C)cc(C(C)C)c4C[C@]3(C)C[C@]2(C)C(C(C)C)C1=O. The van der Waals surface area contributed by atoms with Crippen molar-refractivity contribution in [2.45, 2.75) is 99.5 Å². The zero-order valence-corrected chi connectivity index (χ0v) is 27.3. The Labute approximate surface area is 259 Å². The summed E-state index contributed by atoms with van der Waals surface area (Å²) in [6.07, 6.45) is 0.377. The monoisotopic (exact) mass is 610 g/mol. The fourth-order valence-electron chi connectivity index (χ4n) is 8.15. The first-order valence-electron chi connectivity index (χ1n) is 15.5. The number of carbonyl (C=O) groups excluding carboxylic acids is 4. The van der Waals surface area contributed by atoms with Crippen molar-refractivity contribution < 1.29 is 44.3 Å². The van der Waals surface area contributed by atoms with Crippen molar-refractivity contribution in [2.75, 3.05) is 6.61 Å². The largest absolute Gasteiger partial charge is 0.508 e. The van der Waals surface area contributed by atoms with Crippen LogP contribution in [0.2, 0.25) is 0 Å². The number of aromatic hydroxyl groups is 1. The second-order valence-electron chi connectivity index (χ2n) is 14.5. The van der Waals surface area contributed by atoms with Crippen molar-refractivity contribution >= 4 is 29.1 Å². The molecule has 1 unspecified atom stereocenters. The fourth-order valence-corrected chi connectivity index (χ4v) is 8.15. The average molecular weight is 611 g/mol. The Morgan fingerprint density at radius 3 is 2.18 bits per heavy atom. The van der Waals surface area contributed by atoms with Crippen LogP contribution in [0.1, 0.15) is 103 Å². The van der Waals surface area contributed by atoms with E-state index < -0.39 is 68.7 Å². The molecule has 4 rings (SSSR count). The van der Waals surface area contributed by atoms with Gasteiger partial charge in [-0.25, -0.2) is 0 Å². The summed E-state index contributed by atoms with van der Waals surface area (Å²) in [5.74, 6) is -5.82. The molecule has 0 saturated heterocycles. The van der Waals surface area contributed by atoms with Gasteiger partial charge in [0.15, 0.2) is 17.2 Å². The highest BCUT2D eigenvalue weighted by Gasteiger charge is 2.72. The molecule has 3 aliphatic carbocycles. The number of aliphatic hydroxyl groups is 3. The van der Waals surface area contributed by atoms with Crippen LogP contribution < -0.4 is 0 Å². The first-order valence-corrected chi connectivity index (χ1v) is 15.5. The molecular weight excluding hydrogens is 564 g/mol. The van der Waals surface area contributed by atoms with Crippen molar-refractivity contribution in [1.29, 1.82) is 0 Å². The second kappa shape index (κ2) is 11.2. The maximum Gasteiger partial charge on any atom is 0.306 e. The number of hydrogen-bond donors (Lipinski definition) is 4. The molecule has 1 fully saturated rings. The van der Waals surface area contributed by atoms with Gasteiger partial charge in [-0.1, -0.05) is 61.5 Å². The summed E-state index contributed by atoms with van der Waals surface area (Å²) in [5, 5.41) is 47.0. The van der Waals surface area contributed by atoms with Crippen molar-refractivity contribution in [2.24, 2.45) is 28.6 Å². The lowest BCUT2D eigenvalue weighted by Crippen LogP contribution is -2.69. The summed E-state index contributed by atoms with van der Waals surface area (Å²) in [4.78, 5) is 53.1. The van der Waals surface area contributed by atoms with E-state index in [1.54, 1.807) is 27.7 Å². The number of allylic oxidation sites excluding steroid dienone is 1. The van der Waals surface area contributed by atoms with Crippen LogP contribution in [0, 0.1) is 28.6 Å². The standard InChI is InChI=1S/C35H46O9/c1-16(2)14-44-23(37)11-10-20-12-21(17(3)4)22-13-33(8)15-34(9)26(18(5)6)29(39)24(19(7)36)31(41)35(34,43)32(42)27(33)30(40)25(22)28(20)38/h12,16-18,26,38,40-41,43H,10-11,13-15H2,1-9H3/t26?,33-,34-,35+/m1/s1. The third kappa shape index (κ3) is 4.78. The number of carbonyl (C=O) groups is 4. The van der Waals surface area contributed by atoms with Gasteiger partial charge >= 0.3 is 5.97 Å². The van der Waals surface area contributed by atoms with Gasteiger partial charge < -0.3 is 25.2 Å². The molecule has 240 valence electrons. The molecule has 3 aliphatic rings. The topological polar surface area (TPSA) is 158 Å². The van der Waals surface area contributed by atoms with Crippen molar-refractivity contribution in [3.63, 3.8) is 0 Å². The number of aliphatic hydroxyl groups excluding tert-OH is 2. The number of phenolic OH excluding ortho intramolecular Hbond substituents is 1. The first kappa shape index (κ1) is 33.4. The molecule has 9 heteroatoms. The molecule has 0 spiro atoms. The third-order valence-corrected chi connectivity index (χ3v) is 9.92. The molecule has 9 nitrogen and oxygen atoms in total. The quantitative estimate of drug-likeness (QED) is 0.222. The van der Waals surface area contributed by atoms with Crippen LogP contribution in [0.15, 0.2) is 23.0 Å². The van der Waals surface area contributed by atoms with Gasteiger partial charge in [-0.3, -0.25) is 19.2 Å². The van der Waals surface area contributed by atoms with E-state index in [0.717, 1.165) is 12.5 Å². The van der Waals surface area contributed by atoms with E-state index in [4.69, 9.17) is 4.74 Å². The number of ketones is 3. The molecule has 1 aromatic rings. The average Bonchev–Trinajstić information content (AvgIpc) is 2.88. The van der Waals surface area contributed by atoms with Crippen molar-refractivity contribution in [3.8, 4) is 5.75 Å². The molecule has 4 atom stereocenters. The van der Waals surface area contributed by atoms with Gasteiger partial charge in [0.1, 0.15) is 22.8 Å². The summed E-state index contributed by atoms with van der Waals surface area (Å²) >= 11 is 0. The second-order valence-corrected chi connectivity index (χ2v) is 14.5. The maximum atomic E-state index is 14.5. The lowest BCUT2D eigenvalue weighted by molar-refractivity contribution is -0.178. The van der Waals surface area contributed by atoms with Crippen LogP contribution in [0.3, 0.4) is 0 Å². The minimum Gasteiger partial charge on any atom is -0.508 e. The summed E-state index contributed by atoms with van der Waals surface area (Å²) in [5.41, 5.74) is -4.11. The predicted octanol–water partition coefficient (Wildman–Crippen LogP) is 5.45. The Kier molecular flexibility index (Phi) is 8.48. The van der Waals surface area contributed by atoms with Gasteiger partial charge in [0.2, 0.25) is 5.78 Å². The normalized spacial score (nSPS) is 28.4. The lowest BCUT2D eigenvalue weighted by atomic mass is 9.43. The summed E-state index contributed by atoms with van der Waals surface area (Å²) in [6, 6.07) is 1.83. The van der Waals surface area contributed by atoms with Gasteiger partial charge in [0, 0.05) is 28.7 Å². The van der Waals surface area contributed by atoms with E-state index in [9.17, 15) is 39.6 Å². The summed E-state index contributed by atoms with van der Waals surface area (Å²) in [6.45, 7) is 16.1. The Morgan fingerprint density at radius 2 is 1.66 bits per heavy atom. The summed E-state index contributed by atoms with van der Waals surface area (Å²) < 4.78 is 5.29. The van der Waals surface area contributed by atoms with Crippen LogP contribution in [0.4, 0.5) is 0 Å². The highest BCUT2D eigenvalue weighted by atomic mass is 16.5. The van der Waals surface area contributed by atoms with Crippen molar-refractivity contribution in [3.05, 3.63) is 45.2 Å². The van der Waals surface area contributed by atoms with E-state index in [2.05, 4.69) is 0 Å². The van der Waals surface area contributed by atoms with E-state index in [0.29, 0.717) is 11.1 Å². The molecule has 0 bridgehead atoms. The van der Waals surface area contributed by atoms with E-state index >= 15 is 0 Å². The zero-order chi connectivity index (χ0) is 33.3. The van der Waals surface area contributed by atoms with Crippen LogP contribution in [-0.2, 0) is 36.8 Å². The maximum absolute atomic E-state index is 14.5. The molecule has 0 aliphatic heterocycles. The van der Waals surface area contributed by atoms with Crippen LogP contribution >= 0.6 is 0 Å². The van der Waals surface area contributed by atoms with Crippen LogP contribution in [-0.4, -0.2) is 56.0 Å². The zero-order valence-electron chi connectivity index (χ0n) is 27.3. The molecular formula is C35H46O9. The van der Waals surface area contributed by atoms with Gasteiger partial charge in [-0.2, -0.15) is 0 Å². The molecule has 1 saturated carbocycles. The van der Waals surface area contributed by atoms with Gasteiger partial charge in [0.25, 0.3) is 0 Å². The Morgan fingerprint density at radius 1 is 1.05 bits per heavy atom. The number of Topliss-reactive ketones (excluding diaryl/α,β-unsaturated/α-hetero) is 3. The lowest BCUT2D eigenvalue weighted by Gasteiger charge is -2.60. The summed E-state index contributed by atoms with van der Waals surface area (Å²) in [7, 11) is 0. The van der Waals surface area contributed by atoms with Gasteiger partial charge in [-0.15, -0.1) is 0 Å². The highest BCUT2D eigenvalue weighted by Crippen LogP contribution is 2.65. The Hall–Kier alpha value is -3.46. The number of ether oxygens (including phenoxy) is 1. The molecule has 44 heavy (non-hydrogen) atoms. The molecule has 0 amide bonds.